The molecule has 0 saturated carbocycles. The van der Waals surface area contributed by atoms with Crippen molar-refractivity contribution in [2.24, 2.45) is 0 Å². The van der Waals surface area contributed by atoms with Gasteiger partial charge in [-0.3, -0.25) is 4.79 Å². The molecule has 0 radical (unpaired) electrons. The zero-order valence-electron chi connectivity index (χ0n) is 15.7. The van der Waals surface area contributed by atoms with E-state index < -0.39 is 0 Å². The summed E-state index contributed by atoms with van der Waals surface area (Å²) in [6.45, 7) is 7.07. The molecule has 1 N–H and O–H groups in total. The molecular formula is C20H24N4O3. The summed E-state index contributed by atoms with van der Waals surface area (Å²) in [7, 11) is 0. The molecular weight excluding hydrogens is 344 g/mol. The van der Waals surface area contributed by atoms with E-state index in [1.165, 1.54) is 19.4 Å². The number of aromatic amines is 1. The molecule has 4 rings (SSSR count). The second-order valence-corrected chi connectivity index (χ2v) is 7.12. The Morgan fingerprint density at radius 2 is 2.15 bits per heavy atom. The fraction of sp³-hybridized carbons (Fsp3) is 0.450. The Kier molecular flexibility index (Phi) is 4.94. The summed E-state index contributed by atoms with van der Waals surface area (Å²) in [6, 6.07) is 8.42. The van der Waals surface area contributed by atoms with Crippen LogP contribution in [0.25, 0.3) is 22.2 Å². The Bertz CT molecular complexity index is 977. The van der Waals surface area contributed by atoms with Crippen molar-refractivity contribution >= 4 is 10.9 Å². The topological polar surface area (TPSA) is 84.2 Å². The number of aryl methyl sites for hydroxylation is 1. The molecule has 1 aliphatic rings. The summed E-state index contributed by atoms with van der Waals surface area (Å²) in [6.07, 6.45) is 3.63. The largest absolute Gasteiger partial charge is 0.494 e. The standard InChI is InChI=1S/C20H24N4O3/c1-13-5-3-10-24(13)11-4-12-26-16-8-6-15(7-9-16)18-17-14(2)27-23-19(17)20(25)22-21-18/h6-9,13H,3-5,10-12H2,1-2H3,(H,22,25). The fourth-order valence-corrected chi connectivity index (χ4v) is 3.72. The van der Waals surface area contributed by atoms with E-state index in [1.54, 1.807) is 6.92 Å². The molecule has 1 aliphatic heterocycles. The summed E-state index contributed by atoms with van der Waals surface area (Å²) in [5.41, 5.74) is 1.45. The van der Waals surface area contributed by atoms with Gasteiger partial charge in [0.15, 0.2) is 5.52 Å². The Balaban J connectivity index is 1.41. The Hall–Kier alpha value is -2.67. The third-order valence-corrected chi connectivity index (χ3v) is 5.26. The van der Waals surface area contributed by atoms with Crippen molar-refractivity contribution in [3.63, 3.8) is 0 Å². The van der Waals surface area contributed by atoms with E-state index in [-0.39, 0.29) is 11.1 Å². The monoisotopic (exact) mass is 368 g/mol. The van der Waals surface area contributed by atoms with Crippen molar-refractivity contribution in [1.82, 2.24) is 20.3 Å². The predicted octanol–water partition coefficient (Wildman–Crippen LogP) is 3.14. The Morgan fingerprint density at radius 3 is 2.89 bits per heavy atom. The van der Waals surface area contributed by atoms with Gasteiger partial charge in [0.2, 0.25) is 0 Å². The maximum atomic E-state index is 11.8. The lowest BCUT2D eigenvalue weighted by atomic mass is 10.1. The number of hydrogen-bond donors (Lipinski definition) is 1. The van der Waals surface area contributed by atoms with Gasteiger partial charge in [0, 0.05) is 18.2 Å². The maximum Gasteiger partial charge on any atom is 0.294 e. The van der Waals surface area contributed by atoms with Gasteiger partial charge in [-0.05, 0) is 63.9 Å². The first-order chi connectivity index (χ1) is 13.1. The summed E-state index contributed by atoms with van der Waals surface area (Å²) >= 11 is 0. The highest BCUT2D eigenvalue weighted by Crippen LogP contribution is 2.28. The third-order valence-electron chi connectivity index (χ3n) is 5.26. The number of ether oxygens (including phenoxy) is 1. The number of fused-ring (bicyclic) bond motifs is 1. The van der Waals surface area contributed by atoms with Crippen LogP contribution in [0.4, 0.5) is 0 Å². The highest BCUT2D eigenvalue weighted by molar-refractivity contribution is 5.92. The molecule has 1 fully saturated rings. The van der Waals surface area contributed by atoms with Crippen molar-refractivity contribution in [2.75, 3.05) is 19.7 Å². The van der Waals surface area contributed by atoms with Crippen LogP contribution < -0.4 is 10.3 Å². The van der Waals surface area contributed by atoms with Gasteiger partial charge in [0.1, 0.15) is 17.2 Å². The van der Waals surface area contributed by atoms with E-state index in [0.717, 1.165) is 24.3 Å². The number of nitrogens with one attached hydrogen (secondary N) is 1. The minimum atomic E-state index is -0.349. The molecule has 1 aromatic carbocycles. The SMILES string of the molecule is Cc1onc2c(=O)[nH]nc(-c3ccc(OCCCN4CCCC4C)cc3)c12. The van der Waals surface area contributed by atoms with E-state index in [9.17, 15) is 4.79 Å². The first kappa shape index (κ1) is 17.7. The van der Waals surface area contributed by atoms with Crippen LogP contribution in [0, 0.1) is 6.92 Å². The molecule has 2 aromatic heterocycles. The molecule has 142 valence electrons. The maximum absolute atomic E-state index is 11.8. The fourth-order valence-electron chi connectivity index (χ4n) is 3.72. The van der Waals surface area contributed by atoms with Crippen molar-refractivity contribution in [2.45, 2.75) is 39.2 Å². The van der Waals surface area contributed by atoms with Gasteiger partial charge in [0.05, 0.1) is 12.0 Å². The number of benzene rings is 1. The van der Waals surface area contributed by atoms with E-state index >= 15 is 0 Å². The van der Waals surface area contributed by atoms with Gasteiger partial charge in [-0.25, -0.2) is 5.10 Å². The molecule has 3 aromatic rings. The molecule has 27 heavy (non-hydrogen) atoms. The van der Waals surface area contributed by atoms with Crippen LogP contribution in [0.3, 0.4) is 0 Å². The van der Waals surface area contributed by atoms with Crippen molar-refractivity contribution in [3.8, 4) is 17.0 Å². The zero-order chi connectivity index (χ0) is 18.8. The van der Waals surface area contributed by atoms with Crippen LogP contribution in [0.2, 0.25) is 0 Å². The normalized spacial score (nSPS) is 17.6. The highest BCUT2D eigenvalue weighted by Gasteiger charge is 2.19. The lowest BCUT2D eigenvalue weighted by molar-refractivity contribution is 0.230. The quantitative estimate of drug-likeness (QED) is 0.673. The predicted molar refractivity (Wildman–Crippen MR) is 103 cm³/mol. The lowest BCUT2D eigenvalue weighted by Gasteiger charge is -2.20. The van der Waals surface area contributed by atoms with Gasteiger partial charge in [0.25, 0.3) is 5.56 Å². The summed E-state index contributed by atoms with van der Waals surface area (Å²) < 4.78 is 11.0. The number of nitrogens with zero attached hydrogens (tertiary/aromatic N) is 3. The molecule has 0 spiro atoms. The van der Waals surface area contributed by atoms with Gasteiger partial charge in [-0.1, -0.05) is 5.16 Å². The molecule has 7 heteroatoms. The van der Waals surface area contributed by atoms with E-state index in [4.69, 9.17) is 9.26 Å². The second kappa shape index (κ2) is 7.52. The average molecular weight is 368 g/mol. The number of H-pyrrole nitrogens is 1. The van der Waals surface area contributed by atoms with E-state index in [0.29, 0.717) is 29.5 Å². The van der Waals surface area contributed by atoms with Crippen LogP contribution >= 0.6 is 0 Å². The molecule has 1 unspecified atom stereocenters. The first-order valence-electron chi connectivity index (χ1n) is 9.45. The Labute approximate surface area is 157 Å². The van der Waals surface area contributed by atoms with Crippen molar-refractivity contribution < 1.29 is 9.26 Å². The summed E-state index contributed by atoms with van der Waals surface area (Å²) in [5, 5.41) is 11.1. The van der Waals surface area contributed by atoms with Gasteiger partial charge in [-0.15, -0.1) is 0 Å². The van der Waals surface area contributed by atoms with Gasteiger partial charge >= 0.3 is 0 Å². The molecule has 7 nitrogen and oxygen atoms in total. The number of aromatic nitrogens is 3. The Morgan fingerprint density at radius 1 is 1.33 bits per heavy atom. The van der Waals surface area contributed by atoms with Crippen LogP contribution in [0.15, 0.2) is 33.6 Å². The molecule has 0 aliphatic carbocycles. The van der Waals surface area contributed by atoms with Crippen LogP contribution in [-0.4, -0.2) is 46.0 Å². The number of rotatable bonds is 6. The molecule has 0 bridgehead atoms. The molecule has 3 heterocycles. The molecule has 1 saturated heterocycles. The minimum absolute atomic E-state index is 0.272. The number of hydrogen-bond acceptors (Lipinski definition) is 6. The van der Waals surface area contributed by atoms with Crippen LogP contribution in [-0.2, 0) is 0 Å². The average Bonchev–Trinajstić information content (AvgIpc) is 3.27. The second-order valence-electron chi connectivity index (χ2n) is 7.12. The minimum Gasteiger partial charge on any atom is -0.494 e. The summed E-state index contributed by atoms with van der Waals surface area (Å²) in [4.78, 5) is 14.4. The third kappa shape index (κ3) is 3.60. The van der Waals surface area contributed by atoms with Gasteiger partial charge in [-0.2, -0.15) is 5.10 Å². The summed E-state index contributed by atoms with van der Waals surface area (Å²) in [5.74, 6) is 1.41. The highest BCUT2D eigenvalue weighted by atomic mass is 16.5. The molecule has 0 amide bonds. The van der Waals surface area contributed by atoms with E-state index in [2.05, 4.69) is 27.2 Å². The number of likely N-dealkylation sites (tertiary alicyclic amines) is 1. The molecule has 1 atom stereocenters. The van der Waals surface area contributed by atoms with Gasteiger partial charge < -0.3 is 14.2 Å². The van der Waals surface area contributed by atoms with Crippen molar-refractivity contribution in [3.05, 3.63) is 40.4 Å². The first-order valence-corrected chi connectivity index (χ1v) is 9.45. The lowest BCUT2D eigenvalue weighted by Crippen LogP contribution is -2.28. The van der Waals surface area contributed by atoms with E-state index in [1.807, 2.05) is 24.3 Å². The van der Waals surface area contributed by atoms with Crippen LogP contribution in [0.1, 0.15) is 31.9 Å². The van der Waals surface area contributed by atoms with Crippen LogP contribution in [0.5, 0.6) is 5.75 Å². The van der Waals surface area contributed by atoms with Crippen molar-refractivity contribution in [1.29, 1.82) is 0 Å². The zero-order valence-corrected chi connectivity index (χ0v) is 15.7. The smallest absolute Gasteiger partial charge is 0.294 e.